The third-order valence-electron chi connectivity index (χ3n) is 3.27. The van der Waals surface area contributed by atoms with E-state index in [0.717, 1.165) is 28.7 Å². The Hall–Kier alpha value is -0.870. The van der Waals surface area contributed by atoms with Crippen molar-refractivity contribution in [3.05, 3.63) is 28.2 Å². The van der Waals surface area contributed by atoms with Crippen LogP contribution in [0.4, 0.5) is 5.69 Å². The van der Waals surface area contributed by atoms with Gasteiger partial charge in [0.15, 0.2) is 0 Å². The molecule has 1 amide bonds. The molecule has 0 aliphatic carbocycles. The molecule has 0 spiro atoms. The summed E-state index contributed by atoms with van der Waals surface area (Å²) in [6, 6.07) is 6.29. The Bertz CT molecular complexity index is 459. The van der Waals surface area contributed by atoms with Crippen LogP contribution in [0.15, 0.2) is 22.7 Å². The number of carbonyl (C=O) groups excluding carboxylic acids is 1. The summed E-state index contributed by atoms with van der Waals surface area (Å²) in [4.78, 5) is 14.2. The van der Waals surface area contributed by atoms with E-state index in [1.807, 2.05) is 30.0 Å². The first kappa shape index (κ1) is 13.6. The van der Waals surface area contributed by atoms with Gasteiger partial charge < -0.3 is 10.2 Å². The maximum atomic E-state index is 12.4. The van der Waals surface area contributed by atoms with Crippen LogP contribution >= 0.6 is 15.9 Å². The van der Waals surface area contributed by atoms with Crippen molar-refractivity contribution in [2.75, 3.05) is 11.4 Å². The van der Waals surface area contributed by atoms with Gasteiger partial charge in [-0.25, -0.2) is 0 Å². The Morgan fingerprint density at radius 3 is 2.83 bits per heavy atom. The molecule has 98 valence electrons. The highest BCUT2D eigenvalue weighted by atomic mass is 79.9. The third-order valence-corrected chi connectivity index (χ3v) is 4.13. The smallest absolute Gasteiger partial charge is 0.244 e. The van der Waals surface area contributed by atoms with Crippen LogP contribution in [0, 0.1) is 6.92 Å². The van der Waals surface area contributed by atoms with Crippen molar-refractivity contribution in [2.24, 2.45) is 0 Å². The molecule has 0 saturated carbocycles. The first-order chi connectivity index (χ1) is 8.50. The summed E-state index contributed by atoms with van der Waals surface area (Å²) < 4.78 is 1.05. The molecule has 1 aromatic carbocycles. The molecular formula is C14H19BrN2O. The van der Waals surface area contributed by atoms with Gasteiger partial charge in [0.1, 0.15) is 0 Å². The summed E-state index contributed by atoms with van der Waals surface area (Å²) in [5.74, 6) is 0.185. The normalized spacial score (nSPS) is 19.9. The molecule has 1 aliphatic rings. The fourth-order valence-electron chi connectivity index (χ4n) is 2.36. The molecule has 1 unspecified atom stereocenters. The molecule has 1 saturated heterocycles. The molecule has 2 rings (SSSR count). The van der Waals surface area contributed by atoms with Gasteiger partial charge in [-0.15, -0.1) is 0 Å². The molecule has 0 radical (unpaired) electrons. The lowest BCUT2D eigenvalue weighted by Gasteiger charge is -2.20. The standard InChI is InChI=1S/C14H19BrN2O/c1-9(2)16-12-7-8-17(14(12)18)13-6-4-5-11(15)10(13)3/h4-6,9,12,16H,7-8H2,1-3H3. The predicted octanol–water partition coefficient (Wildman–Crippen LogP) is 2.86. The predicted molar refractivity (Wildman–Crippen MR) is 77.9 cm³/mol. The van der Waals surface area contributed by atoms with Gasteiger partial charge >= 0.3 is 0 Å². The van der Waals surface area contributed by atoms with E-state index in [4.69, 9.17) is 0 Å². The fourth-order valence-corrected chi connectivity index (χ4v) is 2.72. The number of hydrogen-bond acceptors (Lipinski definition) is 2. The van der Waals surface area contributed by atoms with Crippen LogP contribution in [0.1, 0.15) is 25.8 Å². The Morgan fingerprint density at radius 1 is 1.44 bits per heavy atom. The van der Waals surface area contributed by atoms with Crippen LogP contribution in [0.5, 0.6) is 0 Å². The summed E-state index contributed by atoms with van der Waals surface area (Å²) in [7, 11) is 0. The summed E-state index contributed by atoms with van der Waals surface area (Å²) in [6.07, 6.45) is 0.878. The minimum absolute atomic E-state index is 0.0385. The molecule has 18 heavy (non-hydrogen) atoms. The zero-order chi connectivity index (χ0) is 13.3. The monoisotopic (exact) mass is 310 g/mol. The van der Waals surface area contributed by atoms with Gasteiger partial charge in [0, 0.05) is 22.7 Å². The fraction of sp³-hybridized carbons (Fsp3) is 0.500. The number of anilines is 1. The van der Waals surface area contributed by atoms with E-state index in [2.05, 4.69) is 35.1 Å². The van der Waals surface area contributed by atoms with Gasteiger partial charge in [-0.05, 0) is 31.0 Å². The number of carbonyl (C=O) groups is 1. The van der Waals surface area contributed by atoms with Crippen LogP contribution < -0.4 is 10.2 Å². The highest BCUT2D eigenvalue weighted by Gasteiger charge is 2.33. The number of nitrogens with one attached hydrogen (secondary N) is 1. The second-order valence-electron chi connectivity index (χ2n) is 5.04. The largest absolute Gasteiger partial charge is 0.311 e. The van der Waals surface area contributed by atoms with Gasteiger partial charge in [-0.3, -0.25) is 4.79 Å². The Labute approximate surface area is 117 Å². The van der Waals surface area contributed by atoms with Crippen LogP contribution in [0.3, 0.4) is 0 Å². The summed E-state index contributed by atoms with van der Waals surface area (Å²) in [5, 5.41) is 3.32. The highest BCUT2D eigenvalue weighted by Crippen LogP contribution is 2.29. The molecule has 0 aromatic heterocycles. The lowest BCUT2D eigenvalue weighted by molar-refractivity contribution is -0.118. The average molecular weight is 311 g/mol. The second-order valence-corrected chi connectivity index (χ2v) is 5.89. The Morgan fingerprint density at radius 2 is 2.17 bits per heavy atom. The SMILES string of the molecule is Cc1c(Br)cccc1N1CCC(NC(C)C)C1=O. The number of halogens is 1. The van der Waals surface area contributed by atoms with Gasteiger partial charge in [0.2, 0.25) is 5.91 Å². The number of amides is 1. The molecule has 1 heterocycles. The van der Waals surface area contributed by atoms with E-state index in [1.165, 1.54) is 0 Å². The van der Waals surface area contributed by atoms with E-state index < -0.39 is 0 Å². The van der Waals surface area contributed by atoms with E-state index in [1.54, 1.807) is 0 Å². The van der Waals surface area contributed by atoms with E-state index in [-0.39, 0.29) is 11.9 Å². The molecule has 1 atom stereocenters. The number of rotatable bonds is 3. The van der Waals surface area contributed by atoms with Crippen molar-refractivity contribution in [3.8, 4) is 0 Å². The Kier molecular flexibility index (Phi) is 4.07. The maximum Gasteiger partial charge on any atom is 0.244 e. The van der Waals surface area contributed by atoms with Crippen LogP contribution in [0.2, 0.25) is 0 Å². The molecule has 3 nitrogen and oxygen atoms in total. The molecule has 1 aromatic rings. The molecule has 1 aliphatic heterocycles. The summed E-state index contributed by atoms with van der Waals surface area (Å²) in [5.41, 5.74) is 2.14. The maximum absolute atomic E-state index is 12.4. The Balaban J connectivity index is 2.21. The van der Waals surface area contributed by atoms with Crippen molar-refractivity contribution in [3.63, 3.8) is 0 Å². The third kappa shape index (κ3) is 2.59. The zero-order valence-electron chi connectivity index (χ0n) is 11.0. The van der Waals surface area contributed by atoms with Crippen LogP contribution in [-0.4, -0.2) is 24.5 Å². The number of nitrogens with zero attached hydrogens (tertiary/aromatic N) is 1. The van der Waals surface area contributed by atoms with Gasteiger partial charge in [-0.2, -0.15) is 0 Å². The van der Waals surface area contributed by atoms with E-state index in [0.29, 0.717) is 6.04 Å². The lowest BCUT2D eigenvalue weighted by Crippen LogP contribution is -2.41. The molecule has 0 bridgehead atoms. The van der Waals surface area contributed by atoms with Gasteiger partial charge in [0.05, 0.1) is 6.04 Å². The molecule has 1 fully saturated rings. The lowest BCUT2D eigenvalue weighted by atomic mass is 10.2. The van der Waals surface area contributed by atoms with Crippen molar-refractivity contribution in [1.82, 2.24) is 5.32 Å². The minimum atomic E-state index is -0.0385. The van der Waals surface area contributed by atoms with E-state index in [9.17, 15) is 4.79 Å². The minimum Gasteiger partial charge on any atom is -0.311 e. The molecule has 4 heteroatoms. The van der Waals surface area contributed by atoms with Crippen molar-refractivity contribution >= 4 is 27.5 Å². The average Bonchev–Trinajstić information content (AvgIpc) is 2.64. The van der Waals surface area contributed by atoms with Crippen molar-refractivity contribution in [2.45, 2.75) is 39.3 Å². The topological polar surface area (TPSA) is 32.3 Å². The van der Waals surface area contributed by atoms with Crippen LogP contribution in [0.25, 0.3) is 0 Å². The molecular weight excluding hydrogens is 292 g/mol. The quantitative estimate of drug-likeness (QED) is 0.931. The second kappa shape index (κ2) is 5.41. The first-order valence-corrected chi connectivity index (χ1v) is 7.12. The summed E-state index contributed by atoms with van der Waals surface area (Å²) >= 11 is 3.51. The highest BCUT2D eigenvalue weighted by molar-refractivity contribution is 9.10. The van der Waals surface area contributed by atoms with Crippen LogP contribution in [-0.2, 0) is 4.79 Å². The van der Waals surface area contributed by atoms with E-state index >= 15 is 0 Å². The first-order valence-electron chi connectivity index (χ1n) is 6.33. The van der Waals surface area contributed by atoms with Crippen molar-refractivity contribution in [1.29, 1.82) is 0 Å². The van der Waals surface area contributed by atoms with Crippen molar-refractivity contribution < 1.29 is 4.79 Å². The van der Waals surface area contributed by atoms with Gasteiger partial charge in [0.25, 0.3) is 0 Å². The molecule has 1 N–H and O–H groups in total. The zero-order valence-corrected chi connectivity index (χ0v) is 12.6. The number of hydrogen-bond donors (Lipinski definition) is 1. The summed E-state index contributed by atoms with van der Waals surface area (Å²) in [6.45, 7) is 6.97. The number of benzene rings is 1. The van der Waals surface area contributed by atoms with Gasteiger partial charge in [-0.1, -0.05) is 35.8 Å².